The zero-order chi connectivity index (χ0) is 17.5. The molecule has 0 bridgehead atoms. The van der Waals surface area contributed by atoms with E-state index in [1.807, 2.05) is 36.4 Å². The summed E-state index contributed by atoms with van der Waals surface area (Å²) in [5.74, 6) is 1.51. The Bertz CT molecular complexity index is 788. The van der Waals surface area contributed by atoms with Gasteiger partial charge in [0.05, 0.1) is 12.0 Å². The molecular weight excluding hydrogens is 354 g/mol. The highest BCUT2D eigenvalue weighted by molar-refractivity contribution is 7.09. The minimum Gasteiger partial charge on any atom is -0.493 e. The highest BCUT2D eigenvalue weighted by Crippen LogP contribution is 2.28. The molecule has 0 saturated carbocycles. The lowest BCUT2D eigenvalue weighted by atomic mass is 10.2. The summed E-state index contributed by atoms with van der Waals surface area (Å²) in [5, 5.41) is 5.12. The number of thiophene rings is 1. The van der Waals surface area contributed by atoms with Crippen molar-refractivity contribution in [3.63, 3.8) is 0 Å². The van der Waals surface area contributed by atoms with E-state index in [1.165, 1.54) is 10.4 Å². The summed E-state index contributed by atoms with van der Waals surface area (Å²) in [6.45, 7) is 2.39. The Morgan fingerprint density at radius 1 is 0.960 bits per heavy atom. The Kier molecular flexibility index (Phi) is 6.34. The van der Waals surface area contributed by atoms with Gasteiger partial charge in [0.25, 0.3) is 0 Å². The molecule has 5 heteroatoms. The molecule has 2 N–H and O–H groups in total. The number of methoxy groups -OCH3 is 1. The highest BCUT2D eigenvalue weighted by atomic mass is 35.5. The zero-order valence-electron chi connectivity index (χ0n) is 14.1. The van der Waals surface area contributed by atoms with Gasteiger partial charge in [0, 0.05) is 10.6 Å². The second kappa shape index (κ2) is 8.90. The van der Waals surface area contributed by atoms with Crippen LogP contribution >= 0.6 is 22.9 Å². The van der Waals surface area contributed by atoms with Crippen LogP contribution in [0.3, 0.4) is 0 Å². The van der Waals surface area contributed by atoms with E-state index in [9.17, 15) is 0 Å². The summed E-state index contributed by atoms with van der Waals surface area (Å²) in [4.78, 5) is 1.38. The first-order chi connectivity index (χ1) is 12.2. The molecule has 0 radical (unpaired) electrons. The third kappa shape index (κ3) is 5.23. The Morgan fingerprint density at radius 2 is 1.76 bits per heavy atom. The van der Waals surface area contributed by atoms with Crippen LogP contribution in [0.25, 0.3) is 0 Å². The maximum absolute atomic E-state index is 5.91. The van der Waals surface area contributed by atoms with Crippen LogP contribution < -0.4 is 14.8 Å². The van der Waals surface area contributed by atoms with Crippen LogP contribution in [0.1, 0.15) is 16.0 Å². The van der Waals surface area contributed by atoms with Gasteiger partial charge in [0.2, 0.25) is 0 Å². The molecular formula is C20H21ClNO2S+. The van der Waals surface area contributed by atoms with E-state index in [2.05, 4.69) is 28.9 Å². The third-order valence-electron chi connectivity index (χ3n) is 3.84. The largest absolute Gasteiger partial charge is 0.493 e. The molecule has 1 aromatic heterocycles. The van der Waals surface area contributed by atoms with E-state index in [4.69, 9.17) is 21.1 Å². The molecule has 25 heavy (non-hydrogen) atoms. The lowest BCUT2D eigenvalue weighted by Gasteiger charge is -2.12. The van der Waals surface area contributed by atoms with Crippen molar-refractivity contribution in [2.45, 2.75) is 19.7 Å². The minimum absolute atomic E-state index is 0.484. The molecule has 0 aliphatic rings. The van der Waals surface area contributed by atoms with E-state index in [1.54, 1.807) is 18.4 Å². The topological polar surface area (TPSA) is 35.1 Å². The van der Waals surface area contributed by atoms with Crippen molar-refractivity contribution in [3.8, 4) is 11.5 Å². The molecule has 0 fully saturated rings. The molecule has 0 aliphatic heterocycles. The van der Waals surface area contributed by atoms with E-state index in [0.717, 1.165) is 35.2 Å². The van der Waals surface area contributed by atoms with Crippen LogP contribution in [0.2, 0.25) is 5.02 Å². The molecule has 3 aromatic rings. The van der Waals surface area contributed by atoms with Gasteiger partial charge >= 0.3 is 0 Å². The average Bonchev–Trinajstić information content (AvgIpc) is 3.15. The molecule has 0 atom stereocenters. The van der Waals surface area contributed by atoms with E-state index < -0.39 is 0 Å². The molecule has 3 nitrogen and oxygen atoms in total. The fourth-order valence-corrected chi connectivity index (χ4v) is 3.34. The van der Waals surface area contributed by atoms with Crippen molar-refractivity contribution in [3.05, 3.63) is 81.0 Å². The van der Waals surface area contributed by atoms with Crippen LogP contribution in [0.5, 0.6) is 11.5 Å². The first-order valence-electron chi connectivity index (χ1n) is 8.13. The molecule has 3 rings (SSSR count). The molecule has 0 spiro atoms. The molecule has 130 valence electrons. The van der Waals surface area contributed by atoms with Gasteiger partial charge in [-0.2, -0.15) is 0 Å². The van der Waals surface area contributed by atoms with Gasteiger partial charge in [-0.05, 0) is 47.3 Å². The SMILES string of the molecule is COc1cc(C[NH2+]Cc2cccs2)ccc1OCc1ccc(Cl)cc1. The minimum atomic E-state index is 0.484. The summed E-state index contributed by atoms with van der Waals surface area (Å²) in [6.07, 6.45) is 0. The summed E-state index contributed by atoms with van der Waals surface area (Å²) in [7, 11) is 1.67. The summed E-state index contributed by atoms with van der Waals surface area (Å²) >= 11 is 7.69. The Hall–Kier alpha value is -2.01. The van der Waals surface area contributed by atoms with E-state index in [-0.39, 0.29) is 0 Å². The second-order valence-corrected chi connectivity index (χ2v) is 7.15. The molecule has 2 aromatic carbocycles. The Morgan fingerprint density at radius 3 is 2.48 bits per heavy atom. The number of hydrogen-bond donors (Lipinski definition) is 1. The van der Waals surface area contributed by atoms with Gasteiger partial charge < -0.3 is 14.8 Å². The van der Waals surface area contributed by atoms with Gasteiger partial charge in [-0.1, -0.05) is 29.8 Å². The third-order valence-corrected chi connectivity index (χ3v) is 4.99. The van der Waals surface area contributed by atoms with Crippen molar-refractivity contribution in [1.82, 2.24) is 0 Å². The predicted octanol–water partition coefficient (Wildman–Crippen LogP) is 4.25. The van der Waals surface area contributed by atoms with Gasteiger partial charge in [-0.3, -0.25) is 0 Å². The van der Waals surface area contributed by atoms with Crippen molar-refractivity contribution < 1.29 is 14.8 Å². The van der Waals surface area contributed by atoms with Crippen molar-refractivity contribution in [1.29, 1.82) is 0 Å². The summed E-state index contributed by atoms with van der Waals surface area (Å²) in [6, 6.07) is 18.0. The number of hydrogen-bond acceptors (Lipinski definition) is 3. The van der Waals surface area contributed by atoms with E-state index >= 15 is 0 Å². The van der Waals surface area contributed by atoms with Crippen LogP contribution in [-0.2, 0) is 19.7 Å². The quantitative estimate of drug-likeness (QED) is 0.639. The Balaban J connectivity index is 1.57. The molecule has 0 amide bonds. The van der Waals surface area contributed by atoms with Crippen LogP contribution in [0.15, 0.2) is 60.0 Å². The molecule has 1 heterocycles. The fraction of sp³-hybridized carbons (Fsp3) is 0.200. The molecule has 0 unspecified atom stereocenters. The van der Waals surface area contributed by atoms with Crippen LogP contribution in [0.4, 0.5) is 0 Å². The lowest BCUT2D eigenvalue weighted by molar-refractivity contribution is -0.685. The number of ether oxygens (including phenoxy) is 2. The number of benzene rings is 2. The average molecular weight is 375 g/mol. The smallest absolute Gasteiger partial charge is 0.161 e. The van der Waals surface area contributed by atoms with Crippen molar-refractivity contribution >= 4 is 22.9 Å². The zero-order valence-corrected chi connectivity index (χ0v) is 15.6. The van der Waals surface area contributed by atoms with Crippen molar-refractivity contribution in [2.75, 3.05) is 7.11 Å². The van der Waals surface area contributed by atoms with Gasteiger partial charge in [0.15, 0.2) is 11.5 Å². The monoisotopic (exact) mass is 374 g/mol. The first-order valence-corrected chi connectivity index (χ1v) is 9.38. The Labute approximate surface area is 157 Å². The normalized spacial score (nSPS) is 10.6. The number of nitrogens with two attached hydrogens (primary N) is 1. The fourth-order valence-electron chi connectivity index (χ4n) is 2.51. The van der Waals surface area contributed by atoms with Crippen LogP contribution in [0, 0.1) is 0 Å². The standard InChI is InChI=1S/C20H20ClNO2S/c1-23-20-11-16(12-22-13-18-3-2-10-25-18)6-9-19(20)24-14-15-4-7-17(21)8-5-15/h2-11,22H,12-14H2,1H3/p+1. The number of quaternary nitrogens is 1. The maximum atomic E-state index is 5.91. The van der Waals surface area contributed by atoms with Gasteiger partial charge in [-0.25, -0.2) is 0 Å². The maximum Gasteiger partial charge on any atom is 0.161 e. The summed E-state index contributed by atoms with van der Waals surface area (Å²) in [5.41, 5.74) is 2.28. The summed E-state index contributed by atoms with van der Waals surface area (Å²) < 4.78 is 11.4. The van der Waals surface area contributed by atoms with Crippen molar-refractivity contribution in [2.24, 2.45) is 0 Å². The molecule has 0 saturated heterocycles. The molecule has 0 aliphatic carbocycles. The second-order valence-electron chi connectivity index (χ2n) is 5.68. The van der Waals surface area contributed by atoms with Gasteiger partial charge in [-0.15, -0.1) is 11.3 Å². The number of rotatable bonds is 8. The number of halogens is 1. The first kappa shape index (κ1) is 17.8. The van der Waals surface area contributed by atoms with Crippen LogP contribution in [-0.4, -0.2) is 7.11 Å². The highest BCUT2D eigenvalue weighted by Gasteiger charge is 2.08. The van der Waals surface area contributed by atoms with Gasteiger partial charge in [0.1, 0.15) is 19.7 Å². The lowest BCUT2D eigenvalue weighted by Crippen LogP contribution is -2.80. The van der Waals surface area contributed by atoms with E-state index in [0.29, 0.717) is 6.61 Å². The predicted molar refractivity (Wildman–Crippen MR) is 102 cm³/mol.